The van der Waals surface area contributed by atoms with Crippen molar-refractivity contribution in [1.29, 1.82) is 0 Å². The molecule has 21 heavy (non-hydrogen) atoms. The highest BCUT2D eigenvalue weighted by molar-refractivity contribution is 7.89. The van der Waals surface area contributed by atoms with Gasteiger partial charge in [-0.1, -0.05) is 0 Å². The highest BCUT2D eigenvalue weighted by atomic mass is 32.2. The molecular formula is C11H12F3NO5S. The molecule has 0 aliphatic rings. The van der Waals surface area contributed by atoms with Crippen LogP contribution in [0.5, 0.6) is 5.75 Å². The standard InChI is InChI=1S/C11H12F3NO5S/c1-15(5-4-10(17)18)21(19,20)9-6-7(11(12,13)14)2-3-8(9)16/h2-3,6,16H,4-5H2,1H3,(H,17,18). The molecule has 0 aliphatic carbocycles. The van der Waals surface area contributed by atoms with Gasteiger partial charge in [0, 0.05) is 13.6 Å². The summed E-state index contributed by atoms with van der Waals surface area (Å²) in [5, 5.41) is 18.0. The van der Waals surface area contributed by atoms with E-state index in [1.165, 1.54) is 0 Å². The molecule has 0 aromatic heterocycles. The molecule has 1 aromatic rings. The molecule has 0 atom stereocenters. The van der Waals surface area contributed by atoms with Gasteiger partial charge in [0.2, 0.25) is 10.0 Å². The van der Waals surface area contributed by atoms with Crippen molar-refractivity contribution >= 4 is 16.0 Å². The maximum atomic E-state index is 12.6. The summed E-state index contributed by atoms with van der Waals surface area (Å²) in [5.74, 6) is -2.10. The molecule has 1 aromatic carbocycles. The number of nitrogens with zero attached hydrogens (tertiary/aromatic N) is 1. The normalized spacial score (nSPS) is 12.6. The highest BCUT2D eigenvalue weighted by Gasteiger charge is 2.34. The van der Waals surface area contributed by atoms with Gasteiger partial charge in [-0.05, 0) is 18.2 Å². The Labute approximate surface area is 118 Å². The summed E-state index contributed by atoms with van der Waals surface area (Å²) in [6.45, 7) is -0.437. The van der Waals surface area contributed by atoms with Crippen LogP contribution in [0.15, 0.2) is 23.1 Å². The van der Waals surface area contributed by atoms with Gasteiger partial charge in [-0.3, -0.25) is 4.79 Å². The first kappa shape index (κ1) is 17.2. The van der Waals surface area contributed by atoms with E-state index < -0.39 is 51.3 Å². The third-order valence-corrected chi connectivity index (χ3v) is 4.50. The topological polar surface area (TPSA) is 94.9 Å². The number of aliphatic carboxylic acids is 1. The van der Waals surface area contributed by atoms with Crippen LogP contribution in [0.2, 0.25) is 0 Å². The van der Waals surface area contributed by atoms with Crippen LogP contribution in [0.3, 0.4) is 0 Å². The zero-order valence-electron chi connectivity index (χ0n) is 10.8. The third kappa shape index (κ3) is 4.08. The average molecular weight is 327 g/mol. The number of halogens is 3. The molecule has 0 amide bonds. The fraction of sp³-hybridized carbons (Fsp3) is 0.364. The minimum Gasteiger partial charge on any atom is -0.507 e. The van der Waals surface area contributed by atoms with Crippen molar-refractivity contribution in [3.8, 4) is 5.75 Å². The second-order valence-corrected chi connectivity index (χ2v) is 6.16. The number of benzene rings is 1. The molecule has 0 fully saturated rings. The molecule has 0 bridgehead atoms. The van der Waals surface area contributed by atoms with Crippen molar-refractivity contribution < 1.29 is 36.6 Å². The zero-order valence-corrected chi connectivity index (χ0v) is 11.6. The van der Waals surface area contributed by atoms with Crippen LogP contribution in [0, 0.1) is 0 Å². The average Bonchev–Trinajstić information content (AvgIpc) is 2.34. The van der Waals surface area contributed by atoms with E-state index in [1.807, 2.05) is 0 Å². The summed E-state index contributed by atoms with van der Waals surface area (Å²) in [6, 6.07) is 1.48. The van der Waals surface area contributed by atoms with Crippen molar-refractivity contribution in [3.63, 3.8) is 0 Å². The van der Waals surface area contributed by atoms with Gasteiger partial charge < -0.3 is 10.2 Å². The first-order valence-electron chi connectivity index (χ1n) is 5.54. The Hall–Kier alpha value is -1.81. The number of carboxylic acids is 1. The van der Waals surface area contributed by atoms with Crippen LogP contribution in [0.25, 0.3) is 0 Å². The van der Waals surface area contributed by atoms with Crippen LogP contribution in [-0.2, 0) is 21.0 Å². The molecule has 0 saturated carbocycles. The first-order valence-corrected chi connectivity index (χ1v) is 6.98. The van der Waals surface area contributed by atoms with E-state index in [4.69, 9.17) is 5.11 Å². The number of carbonyl (C=O) groups is 1. The monoisotopic (exact) mass is 327 g/mol. The summed E-state index contributed by atoms with van der Waals surface area (Å²) in [6.07, 6.45) is -5.28. The summed E-state index contributed by atoms with van der Waals surface area (Å²) in [5.41, 5.74) is -1.23. The highest BCUT2D eigenvalue weighted by Crippen LogP contribution is 2.34. The fourth-order valence-electron chi connectivity index (χ4n) is 1.44. The summed E-state index contributed by atoms with van der Waals surface area (Å²) in [7, 11) is -3.42. The Bertz CT molecular complexity index is 642. The predicted octanol–water partition coefficient (Wildman–Crippen LogP) is 1.51. The SMILES string of the molecule is CN(CCC(=O)O)S(=O)(=O)c1cc(C(F)(F)F)ccc1O. The summed E-state index contributed by atoms with van der Waals surface area (Å²) >= 11 is 0. The van der Waals surface area contributed by atoms with E-state index in [1.54, 1.807) is 0 Å². The van der Waals surface area contributed by atoms with E-state index >= 15 is 0 Å². The van der Waals surface area contributed by atoms with Crippen molar-refractivity contribution in [2.75, 3.05) is 13.6 Å². The summed E-state index contributed by atoms with van der Waals surface area (Å²) in [4.78, 5) is 9.47. The maximum Gasteiger partial charge on any atom is 0.416 e. The quantitative estimate of drug-likeness (QED) is 0.855. The lowest BCUT2D eigenvalue weighted by Gasteiger charge is -2.18. The number of alkyl halides is 3. The van der Waals surface area contributed by atoms with Crippen molar-refractivity contribution in [2.24, 2.45) is 0 Å². The van der Waals surface area contributed by atoms with E-state index in [0.29, 0.717) is 22.5 Å². The number of carboxylic acid groups (broad SMARTS) is 1. The van der Waals surface area contributed by atoms with E-state index in [0.717, 1.165) is 7.05 Å². The van der Waals surface area contributed by atoms with Crippen LogP contribution in [-0.4, -0.2) is 42.5 Å². The molecule has 0 aliphatic heterocycles. The van der Waals surface area contributed by atoms with Crippen molar-refractivity contribution in [3.05, 3.63) is 23.8 Å². The molecule has 10 heteroatoms. The van der Waals surface area contributed by atoms with Crippen LogP contribution >= 0.6 is 0 Å². The Kier molecular flexibility index (Phi) is 4.84. The number of rotatable bonds is 5. The van der Waals surface area contributed by atoms with Crippen molar-refractivity contribution in [2.45, 2.75) is 17.5 Å². The maximum absolute atomic E-state index is 12.6. The van der Waals surface area contributed by atoms with Crippen LogP contribution in [0.1, 0.15) is 12.0 Å². The molecule has 0 spiro atoms. The predicted molar refractivity (Wildman–Crippen MR) is 65.2 cm³/mol. The fourth-order valence-corrected chi connectivity index (χ4v) is 2.71. The van der Waals surface area contributed by atoms with Gasteiger partial charge in [-0.25, -0.2) is 12.7 Å². The number of hydrogen-bond donors (Lipinski definition) is 2. The lowest BCUT2D eigenvalue weighted by Crippen LogP contribution is -2.29. The van der Waals surface area contributed by atoms with E-state index in [9.17, 15) is 31.5 Å². The van der Waals surface area contributed by atoms with Gasteiger partial charge >= 0.3 is 12.1 Å². The molecule has 0 heterocycles. The van der Waals surface area contributed by atoms with Crippen LogP contribution in [0.4, 0.5) is 13.2 Å². The molecule has 2 N–H and O–H groups in total. The third-order valence-electron chi connectivity index (χ3n) is 2.62. The molecule has 118 valence electrons. The van der Waals surface area contributed by atoms with Gasteiger partial charge in [-0.15, -0.1) is 0 Å². The minimum absolute atomic E-state index is 0.307. The molecule has 0 saturated heterocycles. The summed E-state index contributed by atoms with van der Waals surface area (Å²) < 4.78 is 62.4. The number of phenolic OH excluding ortho intramolecular Hbond substituents is 1. The first-order chi connectivity index (χ1) is 9.46. The van der Waals surface area contributed by atoms with Gasteiger partial charge in [0.1, 0.15) is 10.6 Å². The smallest absolute Gasteiger partial charge is 0.416 e. The van der Waals surface area contributed by atoms with E-state index in [-0.39, 0.29) is 0 Å². The lowest BCUT2D eigenvalue weighted by atomic mass is 10.2. The lowest BCUT2D eigenvalue weighted by molar-refractivity contribution is -0.138. The Morgan fingerprint density at radius 2 is 1.90 bits per heavy atom. The molecular weight excluding hydrogens is 315 g/mol. The van der Waals surface area contributed by atoms with Gasteiger partial charge in [0.25, 0.3) is 0 Å². The number of sulfonamides is 1. The Balaban J connectivity index is 3.21. The van der Waals surface area contributed by atoms with Crippen LogP contribution < -0.4 is 0 Å². The van der Waals surface area contributed by atoms with E-state index in [2.05, 4.69) is 0 Å². The Morgan fingerprint density at radius 1 is 1.33 bits per heavy atom. The molecule has 1 rings (SSSR count). The number of phenols is 1. The van der Waals surface area contributed by atoms with Gasteiger partial charge in [0.15, 0.2) is 0 Å². The Morgan fingerprint density at radius 3 is 2.38 bits per heavy atom. The number of hydrogen-bond acceptors (Lipinski definition) is 4. The van der Waals surface area contributed by atoms with Crippen molar-refractivity contribution in [1.82, 2.24) is 4.31 Å². The molecule has 6 nitrogen and oxygen atoms in total. The second kappa shape index (κ2) is 5.90. The number of aromatic hydroxyl groups is 1. The second-order valence-electron chi connectivity index (χ2n) is 4.15. The zero-order chi connectivity index (χ0) is 16.4. The largest absolute Gasteiger partial charge is 0.507 e. The van der Waals surface area contributed by atoms with Gasteiger partial charge in [0.05, 0.1) is 12.0 Å². The molecule has 0 unspecified atom stereocenters. The molecule has 0 radical (unpaired) electrons. The van der Waals surface area contributed by atoms with Gasteiger partial charge in [-0.2, -0.15) is 13.2 Å². The minimum atomic E-state index is -4.77.